The summed E-state index contributed by atoms with van der Waals surface area (Å²) < 4.78 is 2.41. The Morgan fingerprint density at radius 3 is 1.80 bits per heavy atom. The topological polar surface area (TPSA) is 8.17 Å². The lowest BCUT2D eigenvalue weighted by Gasteiger charge is -2.32. The van der Waals surface area contributed by atoms with Gasteiger partial charge in [-0.1, -0.05) is 161 Å². The van der Waals surface area contributed by atoms with Gasteiger partial charge in [-0.3, -0.25) is 0 Å². The predicted molar refractivity (Wildman–Crippen MR) is 236 cm³/mol. The molecule has 2 nitrogen and oxygen atoms in total. The second kappa shape index (κ2) is 11.9. The summed E-state index contributed by atoms with van der Waals surface area (Å²) >= 11 is 0. The van der Waals surface area contributed by atoms with Crippen LogP contribution < -0.4 is 4.90 Å². The van der Waals surface area contributed by atoms with Crippen molar-refractivity contribution in [3.63, 3.8) is 0 Å². The Kier molecular flexibility index (Phi) is 6.98. The Balaban J connectivity index is 1.18. The molecule has 0 fully saturated rings. The molecule has 9 aromatic rings. The van der Waals surface area contributed by atoms with E-state index in [-0.39, 0.29) is 10.8 Å². The van der Waals surface area contributed by atoms with Crippen LogP contribution in [-0.2, 0) is 10.8 Å². The molecule has 0 N–H and O–H groups in total. The first-order valence-electron chi connectivity index (χ1n) is 19.8. The Labute approximate surface area is 328 Å². The molecule has 2 heteroatoms. The van der Waals surface area contributed by atoms with E-state index in [4.69, 9.17) is 0 Å². The summed E-state index contributed by atoms with van der Waals surface area (Å²) in [4.78, 5) is 2.54. The molecule has 8 aromatic carbocycles. The second-order valence-corrected chi connectivity index (χ2v) is 16.5. The van der Waals surface area contributed by atoms with Crippen LogP contribution in [0.4, 0.5) is 17.1 Å². The van der Waals surface area contributed by atoms with Gasteiger partial charge in [-0.15, -0.1) is 0 Å². The van der Waals surface area contributed by atoms with Crippen molar-refractivity contribution in [2.45, 2.75) is 38.5 Å². The maximum atomic E-state index is 2.54. The number of nitrogens with zero attached hydrogens (tertiary/aromatic N) is 2. The fourth-order valence-electron chi connectivity index (χ4n) is 10.1. The zero-order valence-corrected chi connectivity index (χ0v) is 32.2. The van der Waals surface area contributed by atoms with Crippen molar-refractivity contribution in [2.75, 3.05) is 4.90 Å². The van der Waals surface area contributed by atoms with Gasteiger partial charge in [-0.2, -0.15) is 0 Å². The van der Waals surface area contributed by atoms with Gasteiger partial charge in [-0.25, -0.2) is 0 Å². The largest absolute Gasteiger partial charge is 0.309 e. The fraction of sp³-hybridized carbons (Fsp3) is 0.111. The minimum atomic E-state index is -0.129. The molecule has 1 heterocycles. The number of hydrogen-bond acceptors (Lipinski definition) is 1. The van der Waals surface area contributed by atoms with E-state index in [0.717, 1.165) is 17.1 Å². The number of aromatic nitrogens is 1. The van der Waals surface area contributed by atoms with Gasteiger partial charge in [0.25, 0.3) is 0 Å². The molecule has 2 aliphatic carbocycles. The highest BCUT2D eigenvalue weighted by molar-refractivity contribution is 6.10. The number of fused-ring (bicyclic) bond motifs is 9. The van der Waals surface area contributed by atoms with Crippen LogP contribution in [0, 0.1) is 0 Å². The minimum Gasteiger partial charge on any atom is -0.309 e. The standard InChI is InChI=1S/C54H42N2/c1-53(2)45-24-13-9-22-43(45)52-46(53)25-16-28-50(52)56(37-30-32-40-39-20-8-12-23-44(39)54(3,4)47(40)34-37)48-26-14-10-19-38(48)35-29-31-42-41-21-11-15-27-49(41)55(51(42)33-35)36-17-6-5-7-18-36/h5-34H,1-4H3. The van der Waals surface area contributed by atoms with Crippen LogP contribution in [0.2, 0.25) is 0 Å². The third-order valence-corrected chi connectivity index (χ3v) is 12.8. The molecule has 0 unspecified atom stereocenters. The first kappa shape index (κ1) is 32.8. The van der Waals surface area contributed by atoms with E-state index in [9.17, 15) is 0 Å². The summed E-state index contributed by atoms with van der Waals surface area (Å²) in [5, 5.41) is 2.51. The number of benzene rings is 8. The molecule has 1 aromatic heterocycles. The van der Waals surface area contributed by atoms with Crippen molar-refractivity contribution in [3.8, 4) is 39.1 Å². The highest BCUT2D eigenvalue weighted by Crippen LogP contribution is 2.56. The van der Waals surface area contributed by atoms with Gasteiger partial charge < -0.3 is 9.47 Å². The average molecular weight is 719 g/mol. The van der Waals surface area contributed by atoms with Crippen LogP contribution >= 0.6 is 0 Å². The summed E-state index contributed by atoms with van der Waals surface area (Å²) in [7, 11) is 0. The molecule has 0 saturated heterocycles. The van der Waals surface area contributed by atoms with Crippen molar-refractivity contribution in [3.05, 3.63) is 204 Å². The molecular formula is C54H42N2. The molecule has 11 rings (SSSR count). The van der Waals surface area contributed by atoms with E-state index in [1.165, 1.54) is 83.1 Å². The van der Waals surface area contributed by atoms with Gasteiger partial charge in [0, 0.05) is 44.1 Å². The van der Waals surface area contributed by atoms with Crippen LogP contribution in [0.3, 0.4) is 0 Å². The summed E-state index contributed by atoms with van der Waals surface area (Å²) in [5.41, 5.74) is 20.0. The maximum absolute atomic E-state index is 2.54. The quantitative estimate of drug-likeness (QED) is 0.172. The molecule has 0 aliphatic heterocycles. The third-order valence-electron chi connectivity index (χ3n) is 12.8. The fourth-order valence-corrected chi connectivity index (χ4v) is 10.1. The lowest BCUT2D eigenvalue weighted by Crippen LogP contribution is -2.18. The lowest BCUT2D eigenvalue weighted by atomic mass is 9.82. The van der Waals surface area contributed by atoms with Gasteiger partial charge in [0.2, 0.25) is 0 Å². The number of anilines is 3. The molecule has 0 bridgehead atoms. The summed E-state index contributed by atoms with van der Waals surface area (Å²) in [6.07, 6.45) is 0. The molecule has 0 radical (unpaired) electrons. The van der Waals surface area contributed by atoms with Gasteiger partial charge in [0.15, 0.2) is 0 Å². The average Bonchev–Trinajstić information content (AvgIpc) is 3.78. The van der Waals surface area contributed by atoms with Crippen molar-refractivity contribution in [1.82, 2.24) is 4.57 Å². The van der Waals surface area contributed by atoms with Gasteiger partial charge in [0.05, 0.1) is 22.4 Å². The molecule has 2 aliphatic rings. The van der Waals surface area contributed by atoms with Crippen LogP contribution in [-0.4, -0.2) is 4.57 Å². The third kappa shape index (κ3) is 4.56. The molecule has 0 amide bonds. The van der Waals surface area contributed by atoms with E-state index in [1.54, 1.807) is 0 Å². The van der Waals surface area contributed by atoms with Crippen molar-refractivity contribution < 1.29 is 0 Å². The summed E-state index contributed by atoms with van der Waals surface area (Å²) in [5.74, 6) is 0. The predicted octanol–water partition coefficient (Wildman–Crippen LogP) is 14.5. The van der Waals surface area contributed by atoms with Crippen molar-refractivity contribution >= 4 is 38.9 Å². The Bertz CT molecular complexity index is 3030. The minimum absolute atomic E-state index is 0.120. The Morgan fingerprint density at radius 2 is 0.982 bits per heavy atom. The van der Waals surface area contributed by atoms with Gasteiger partial charge >= 0.3 is 0 Å². The van der Waals surface area contributed by atoms with E-state index < -0.39 is 0 Å². The molecule has 0 saturated carbocycles. The molecule has 268 valence electrons. The van der Waals surface area contributed by atoms with Crippen LogP contribution in [0.25, 0.3) is 60.9 Å². The van der Waals surface area contributed by atoms with Gasteiger partial charge in [0.1, 0.15) is 0 Å². The molecular weight excluding hydrogens is 677 g/mol. The number of para-hydroxylation sites is 3. The molecule has 56 heavy (non-hydrogen) atoms. The second-order valence-electron chi connectivity index (χ2n) is 16.5. The van der Waals surface area contributed by atoms with E-state index >= 15 is 0 Å². The van der Waals surface area contributed by atoms with Crippen molar-refractivity contribution in [1.29, 1.82) is 0 Å². The van der Waals surface area contributed by atoms with Crippen LogP contribution in [0.15, 0.2) is 182 Å². The normalized spacial score (nSPS) is 14.4. The lowest BCUT2D eigenvalue weighted by molar-refractivity contribution is 0.660. The van der Waals surface area contributed by atoms with E-state index in [1.807, 2.05) is 0 Å². The highest BCUT2D eigenvalue weighted by Gasteiger charge is 2.39. The smallest absolute Gasteiger partial charge is 0.0547 e. The molecule has 0 spiro atoms. The summed E-state index contributed by atoms with van der Waals surface area (Å²) in [6, 6.07) is 67.6. The SMILES string of the molecule is CC1(C)c2ccccc2-c2ccc(N(c3ccccc3-c3ccc4c5ccccc5n(-c5ccccc5)c4c3)c3cccc4c3-c3ccccc3C4(C)C)cc21. The van der Waals surface area contributed by atoms with Gasteiger partial charge in [-0.05, 0) is 93.0 Å². The highest BCUT2D eigenvalue weighted by atomic mass is 15.1. The first-order valence-corrected chi connectivity index (χ1v) is 19.8. The van der Waals surface area contributed by atoms with E-state index in [2.05, 4.69) is 219 Å². The number of rotatable bonds is 5. The monoisotopic (exact) mass is 718 g/mol. The maximum Gasteiger partial charge on any atom is 0.0547 e. The van der Waals surface area contributed by atoms with E-state index in [0.29, 0.717) is 0 Å². The summed E-state index contributed by atoms with van der Waals surface area (Å²) in [6.45, 7) is 9.49. The first-order chi connectivity index (χ1) is 27.3. The van der Waals surface area contributed by atoms with Crippen LogP contribution in [0.5, 0.6) is 0 Å². The zero-order chi connectivity index (χ0) is 37.8. The molecule has 0 atom stereocenters. The van der Waals surface area contributed by atoms with Crippen molar-refractivity contribution in [2.24, 2.45) is 0 Å². The Hall–Kier alpha value is -6.64. The van der Waals surface area contributed by atoms with Crippen LogP contribution in [0.1, 0.15) is 49.9 Å². The Morgan fingerprint density at radius 1 is 0.393 bits per heavy atom. The zero-order valence-electron chi connectivity index (χ0n) is 32.2. The number of hydrogen-bond donors (Lipinski definition) is 0.